The maximum atomic E-state index is 13.6. The third-order valence-electron chi connectivity index (χ3n) is 5.41. The Morgan fingerprint density at radius 1 is 1.25 bits per heavy atom. The summed E-state index contributed by atoms with van der Waals surface area (Å²) in [6.45, 7) is 8.74. The quantitative estimate of drug-likeness (QED) is 0.829. The standard InChI is InChI=1S/C18H27FO/c1-5-17(3,4)14-6-8-18(20,9-7-14)15-10-13(2)11-16(19)12-15/h10-12,14,20H,5-9H2,1-4H3. The second kappa shape index (κ2) is 5.48. The minimum absolute atomic E-state index is 0.246. The lowest BCUT2D eigenvalue weighted by molar-refractivity contribution is -0.0330. The van der Waals surface area contributed by atoms with Crippen LogP contribution in [0.5, 0.6) is 0 Å². The van der Waals surface area contributed by atoms with Crippen LogP contribution in [-0.4, -0.2) is 5.11 Å². The molecular weight excluding hydrogens is 251 g/mol. The van der Waals surface area contributed by atoms with Gasteiger partial charge in [-0.25, -0.2) is 4.39 Å². The number of aryl methyl sites for hydroxylation is 1. The van der Waals surface area contributed by atoms with Crippen molar-refractivity contribution in [1.29, 1.82) is 0 Å². The number of hydrogen-bond donors (Lipinski definition) is 1. The Balaban J connectivity index is 2.15. The fraction of sp³-hybridized carbons (Fsp3) is 0.667. The van der Waals surface area contributed by atoms with Gasteiger partial charge >= 0.3 is 0 Å². The van der Waals surface area contributed by atoms with Gasteiger partial charge in [0, 0.05) is 0 Å². The van der Waals surface area contributed by atoms with E-state index >= 15 is 0 Å². The van der Waals surface area contributed by atoms with E-state index in [4.69, 9.17) is 0 Å². The lowest BCUT2D eigenvalue weighted by Crippen LogP contribution is -2.36. The molecular formula is C18H27FO. The molecule has 2 rings (SSSR count). The molecule has 1 aromatic carbocycles. The molecule has 112 valence electrons. The molecule has 0 aliphatic heterocycles. The fourth-order valence-corrected chi connectivity index (χ4v) is 3.46. The number of rotatable bonds is 3. The predicted molar refractivity (Wildman–Crippen MR) is 81.1 cm³/mol. The largest absolute Gasteiger partial charge is 0.385 e. The Kier molecular flexibility index (Phi) is 4.24. The lowest BCUT2D eigenvalue weighted by Gasteiger charge is -2.42. The molecule has 1 nitrogen and oxygen atoms in total. The molecule has 1 fully saturated rings. The molecule has 0 spiro atoms. The lowest BCUT2D eigenvalue weighted by atomic mass is 9.65. The van der Waals surface area contributed by atoms with Crippen LogP contribution in [0.15, 0.2) is 18.2 Å². The van der Waals surface area contributed by atoms with E-state index in [0.717, 1.165) is 43.2 Å². The Morgan fingerprint density at radius 2 is 1.85 bits per heavy atom. The van der Waals surface area contributed by atoms with Crippen LogP contribution in [0.1, 0.15) is 64.0 Å². The van der Waals surface area contributed by atoms with Crippen molar-refractivity contribution in [3.05, 3.63) is 35.1 Å². The molecule has 0 aromatic heterocycles. The molecule has 1 N–H and O–H groups in total. The Hall–Kier alpha value is -0.890. The van der Waals surface area contributed by atoms with Gasteiger partial charge in [-0.15, -0.1) is 0 Å². The predicted octanol–water partition coefficient (Wildman–Crippen LogP) is 4.95. The first-order valence-electron chi connectivity index (χ1n) is 7.77. The highest BCUT2D eigenvalue weighted by Crippen LogP contribution is 2.46. The summed E-state index contributed by atoms with van der Waals surface area (Å²) in [6.07, 6.45) is 4.68. The van der Waals surface area contributed by atoms with E-state index in [1.165, 1.54) is 12.1 Å². The van der Waals surface area contributed by atoms with E-state index in [-0.39, 0.29) is 5.82 Å². The summed E-state index contributed by atoms with van der Waals surface area (Å²) < 4.78 is 13.6. The van der Waals surface area contributed by atoms with Gasteiger partial charge in [0.25, 0.3) is 0 Å². The summed E-state index contributed by atoms with van der Waals surface area (Å²) in [5, 5.41) is 10.9. The summed E-state index contributed by atoms with van der Waals surface area (Å²) in [5.41, 5.74) is 1.12. The molecule has 1 aliphatic carbocycles. The topological polar surface area (TPSA) is 20.2 Å². The van der Waals surface area contributed by atoms with Crippen LogP contribution in [0, 0.1) is 24.1 Å². The van der Waals surface area contributed by atoms with Gasteiger partial charge in [-0.05, 0) is 67.2 Å². The molecule has 0 amide bonds. The molecule has 20 heavy (non-hydrogen) atoms. The van der Waals surface area contributed by atoms with Gasteiger partial charge in [0.1, 0.15) is 5.82 Å². The molecule has 0 heterocycles. The second-order valence-electron chi connectivity index (χ2n) is 7.17. The van der Waals surface area contributed by atoms with Crippen molar-refractivity contribution in [2.45, 2.75) is 65.4 Å². The van der Waals surface area contributed by atoms with E-state index < -0.39 is 5.60 Å². The molecule has 0 atom stereocenters. The third kappa shape index (κ3) is 3.06. The smallest absolute Gasteiger partial charge is 0.123 e. The first-order chi connectivity index (χ1) is 9.27. The zero-order valence-corrected chi connectivity index (χ0v) is 13.2. The number of aliphatic hydroxyl groups is 1. The Morgan fingerprint density at radius 3 is 2.35 bits per heavy atom. The van der Waals surface area contributed by atoms with Crippen LogP contribution < -0.4 is 0 Å². The van der Waals surface area contributed by atoms with Gasteiger partial charge in [-0.3, -0.25) is 0 Å². The van der Waals surface area contributed by atoms with Crippen LogP contribution in [0.2, 0.25) is 0 Å². The SMILES string of the molecule is CCC(C)(C)C1CCC(O)(c2cc(C)cc(F)c2)CC1. The van der Waals surface area contributed by atoms with Crippen LogP contribution in [-0.2, 0) is 5.60 Å². The van der Waals surface area contributed by atoms with Crippen molar-refractivity contribution < 1.29 is 9.50 Å². The average Bonchev–Trinajstić information content (AvgIpc) is 2.38. The van der Waals surface area contributed by atoms with Crippen LogP contribution in [0.25, 0.3) is 0 Å². The normalized spacial score (nSPS) is 27.6. The highest BCUT2D eigenvalue weighted by Gasteiger charge is 2.39. The van der Waals surface area contributed by atoms with E-state index in [0.29, 0.717) is 11.3 Å². The van der Waals surface area contributed by atoms with E-state index in [2.05, 4.69) is 20.8 Å². The summed E-state index contributed by atoms with van der Waals surface area (Å²) in [4.78, 5) is 0. The average molecular weight is 278 g/mol. The summed E-state index contributed by atoms with van der Waals surface area (Å²) in [5.74, 6) is 0.409. The maximum absolute atomic E-state index is 13.6. The molecule has 1 saturated carbocycles. The first kappa shape index (κ1) is 15.5. The van der Waals surface area contributed by atoms with Crippen molar-refractivity contribution in [3.63, 3.8) is 0 Å². The number of halogens is 1. The van der Waals surface area contributed by atoms with Gasteiger partial charge in [0.2, 0.25) is 0 Å². The van der Waals surface area contributed by atoms with Crippen molar-refractivity contribution in [2.24, 2.45) is 11.3 Å². The summed E-state index contributed by atoms with van der Waals surface area (Å²) >= 11 is 0. The zero-order chi connectivity index (χ0) is 15.0. The summed E-state index contributed by atoms with van der Waals surface area (Å²) in [6, 6.07) is 4.94. The van der Waals surface area contributed by atoms with E-state index in [1.54, 1.807) is 0 Å². The molecule has 1 aliphatic rings. The first-order valence-corrected chi connectivity index (χ1v) is 7.77. The van der Waals surface area contributed by atoms with Crippen LogP contribution >= 0.6 is 0 Å². The van der Waals surface area contributed by atoms with E-state index in [9.17, 15) is 9.50 Å². The molecule has 1 aromatic rings. The van der Waals surface area contributed by atoms with Gasteiger partial charge in [-0.2, -0.15) is 0 Å². The maximum Gasteiger partial charge on any atom is 0.123 e. The van der Waals surface area contributed by atoms with Crippen molar-refractivity contribution in [3.8, 4) is 0 Å². The minimum Gasteiger partial charge on any atom is -0.385 e. The van der Waals surface area contributed by atoms with Crippen LogP contribution in [0.3, 0.4) is 0 Å². The van der Waals surface area contributed by atoms with Crippen molar-refractivity contribution >= 4 is 0 Å². The Labute approximate surface area is 122 Å². The van der Waals surface area contributed by atoms with Gasteiger partial charge in [-0.1, -0.05) is 33.3 Å². The molecule has 2 heteroatoms. The molecule has 0 bridgehead atoms. The molecule has 0 unspecified atom stereocenters. The van der Waals surface area contributed by atoms with E-state index in [1.807, 2.05) is 13.0 Å². The monoisotopic (exact) mass is 278 g/mol. The molecule has 0 saturated heterocycles. The zero-order valence-electron chi connectivity index (χ0n) is 13.2. The highest BCUT2D eigenvalue weighted by molar-refractivity contribution is 5.29. The number of hydrogen-bond acceptors (Lipinski definition) is 1. The second-order valence-corrected chi connectivity index (χ2v) is 7.17. The number of benzene rings is 1. The van der Waals surface area contributed by atoms with Crippen molar-refractivity contribution in [2.75, 3.05) is 0 Å². The van der Waals surface area contributed by atoms with Gasteiger partial charge in [0.05, 0.1) is 5.60 Å². The van der Waals surface area contributed by atoms with Crippen LogP contribution in [0.4, 0.5) is 4.39 Å². The molecule has 0 radical (unpaired) electrons. The van der Waals surface area contributed by atoms with Gasteiger partial charge in [0.15, 0.2) is 0 Å². The fourth-order valence-electron chi connectivity index (χ4n) is 3.46. The van der Waals surface area contributed by atoms with Gasteiger partial charge < -0.3 is 5.11 Å². The third-order valence-corrected chi connectivity index (χ3v) is 5.41. The highest BCUT2D eigenvalue weighted by atomic mass is 19.1. The minimum atomic E-state index is -0.840. The summed E-state index contributed by atoms with van der Waals surface area (Å²) in [7, 11) is 0. The Bertz CT molecular complexity index is 450. The van der Waals surface area contributed by atoms with Crippen molar-refractivity contribution in [1.82, 2.24) is 0 Å².